The van der Waals surface area contributed by atoms with Gasteiger partial charge in [0.25, 0.3) is 5.09 Å². The maximum atomic E-state index is 10.1. The van der Waals surface area contributed by atoms with Crippen LogP contribution in [-0.2, 0) is 11.3 Å². The molecule has 1 atom stereocenters. The van der Waals surface area contributed by atoms with Crippen LogP contribution in [0.3, 0.4) is 0 Å². The third-order valence-electron chi connectivity index (χ3n) is 3.08. The average molecular weight is 271 g/mol. The van der Waals surface area contributed by atoms with Crippen LogP contribution in [0.15, 0.2) is 0 Å². The highest BCUT2D eigenvalue weighted by atomic mass is 32.1. The standard InChI is InChI=1S/C11H17N3O3S/c1-8-10(4-6-17-14(15)16)18-11(13-8)9-3-2-5-12-7-9/h9,12H,2-7H2,1H3. The van der Waals surface area contributed by atoms with Gasteiger partial charge in [0.15, 0.2) is 0 Å². The van der Waals surface area contributed by atoms with Crippen molar-refractivity contribution in [3.8, 4) is 0 Å². The zero-order chi connectivity index (χ0) is 13.0. The lowest BCUT2D eigenvalue weighted by molar-refractivity contribution is -0.757. The van der Waals surface area contributed by atoms with Gasteiger partial charge < -0.3 is 10.2 Å². The first kappa shape index (κ1) is 13.2. The lowest BCUT2D eigenvalue weighted by Crippen LogP contribution is -2.28. The van der Waals surface area contributed by atoms with Gasteiger partial charge in [-0.3, -0.25) is 0 Å². The Hall–Kier alpha value is -1.21. The van der Waals surface area contributed by atoms with E-state index in [1.54, 1.807) is 11.3 Å². The highest BCUT2D eigenvalue weighted by molar-refractivity contribution is 7.11. The lowest BCUT2D eigenvalue weighted by atomic mass is 10.0. The van der Waals surface area contributed by atoms with Gasteiger partial charge >= 0.3 is 0 Å². The molecular formula is C11H17N3O3S. The van der Waals surface area contributed by atoms with Crippen molar-refractivity contribution >= 4 is 11.3 Å². The predicted molar refractivity (Wildman–Crippen MR) is 68.3 cm³/mol. The number of aryl methyl sites for hydroxylation is 1. The third kappa shape index (κ3) is 3.39. The minimum Gasteiger partial charge on any atom is -0.316 e. The summed E-state index contributed by atoms with van der Waals surface area (Å²) in [6.07, 6.45) is 2.92. The molecule has 1 N–H and O–H groups in total. The highest BCUT2D eigenvalue weighted by Crippen LogP contribution is 2.29. The van der Waals surface area contributed by atoms with Crippen LogP contribution in [0.4, 0.5) is 0 Å². The second-order valence-electron chi connectivity index (χ2n) is 4.41. The van der Waals surface area contributed by atoms with E-state index in [-0.39, 0.29) is 6.61 Å². The molecule has 0 spiro atoms. The summed E-state index contributed by atoms with van der Waals surface area (Å²) in [5, 5.41) is 13.9. The monoisotopic (exact) mass is 271 g/mol. The summed E-state index contributed by atoms with van der Waals surface area (Å²) in [5.41, 5.74) is 0.979. The topological polar surface area (TPSA) is 77.3 Å². The molecule has 0 bridgehead atoms. The number of nitrogens with zero attached hydrogens (tertiary/aromatic N) is 2. The molecule has 100 valence electrons. The van der Waals surface area contributed by atoms with Crippen LogP contribution < -0.4 is 5.32 Å². The van der Waals surface area contributed by atoms with E-state index in [0.29, 0.717) is 12.3 Å². The molecule has 1 aliphatic heterocycles. The molecule has 2 heterocycles. The maximum absolute atomic E-state index is 10.1. The maximum Gasteiger partial charge on any atom is 0.294 e. The summed E-state index contributed by atoms with van der Waals surface area (Å²) >= 11 is 1.66. The fourth-order valence-electron chi connectivity index (χ4n) is 2.13. The van der Waals surface area contributed by atoms with Crippen molar-refractivity contribution in [1.29, 1.82) is 0 Å². The lowest BCUT2D eigenvalue weighted by Gasteiger charge is -2.20. The number of hydrogen-bond donors (Lipinski definition) is 1. The van der Waals surface area contributed by atoms with Crippen LogP contribution in [0.2, 0.25) is 0 Å². The third-order valence-corrected chi connectivity index (χ3v) is 4.46. The normalized spacial score (nSPS) is 19.7. The minimum atomic E-state index is -0.748. The Bertz CT molecular complexity index is 416. The van der Waals surface area contributed by atoms with E-state index in [1.165, 1.54) is 12.8 Å². The summed E-state index contributed by atoms with van der Waals surface area (Å²) in [4.78, 5) is 20.1. The van der Waals surface area contributed by atoms with Crippen LogP contribution in [0.25, 0.3) is 0 Å². The molecule has 1 aromatic rings. The van der Waals surface area contributed by atoms with Crippen molar-refractivity contribution in [3.05, 3.63) is 25.7 Å². The van der Waals surface area contributed by atoms with Crippen LogP contribution in [0.1, 0.15) is 34.3 Å². The molecule has 18 heavy (non-hydrogen) atoms. The highest BCUT2D eigenvalue weighted by Gasteiger charge is 2.19. The smallest absolute Gasteiger partial charge is 0.294 e. The van der Waals surface area contributed by atoms with Gasteiger partial charge in [-0.1, -0.05) is 0 Å². The molecule has 2 rings (SSSR count). The zero-order valence-corrected chi connectivity index (χ0v) is 11.2. The molecule has 7 heteroatoms. The van der Waals surface area contributed by atoms with Gasteiger partial charge in [0.05, 0.1) is 10.7 Å². The van der Waals surface area contributed by atoms with Crippen molar-refractivity contribution in [3.63, 3.8) is 0 Å². The summed E-state index contributed by atoms with van der Waals surface area (Å²) in [6.45, 7) is 4.14. The fourth-order valence-corrected chi connectivity index (χ4v) is 3.31. The Morgan fingerprint density at radius 2 is 2.50 bits per heavy atom. The van der Waals surface area contributed by atoms with E-state index in [1.807, 2.05) is 6.92 Å². The minimum absolute atomic E-state index is 0.110. The fraction of sp³-hybridized carbons (Fsp3) is 0.727. The molecule has 1 saturated heterocycles. The second-order valence-corrected chi connectivity index (χ2v) is 5.53. The molecule has 0 aliphatic carbocycles. The van der Waals surface area contributed by atoms with E-state index >= 15 is 0 Å². The van der Waals surface area contributed by atoms with Crippen molar-refractivity contribution in [2.45, 2.75) is 32.1 Å². The number of nitrogens with one attached hydrogen (secondary N) is 1. The molecule has 1 aromatic heterocycles. The van der Waals surface area contributed by atoms with Crippen LogP contribution in [-0.4, -0.2) is 29.8 Å². The molecule has 0 aromatic carbocycles. The van der Waals surface area contributed by atoms with Gasteiger partial charge in [-0.15, -0.1) is 21.5 Å². The van der Waals surface area contributed by atoms with Gasteiger partial charge in [0, 0.05) is 23.8 Å². The first-order chi connectivity index (χ1) is 8.66. The Morgan fingerprint density at radius 3 is 3.17 bits per heavy atom. The van der Waals surface area contributed by atoms with Gasteiger partial charge in [-0.25, -0.2) is 4.98 Å². The van der Waals surface area contributed by atoms with E-state index in [4.69, 9.17) is 0 Å². The van der Waals surface area contributed by atoms with Crippen molar-refractivity contribution in [2.75, 3.05) is 19.7 Å². The SMILES string of the molecule is Cc1nc(C2CCCNC2)sc1CCO[N+](=O)[O-]. The molecule has 1 unspecified atom stereocenters. The predicted octanol–water partition coefficient (Wildman–Crippen LogP) is 1.67. The van der Waals surface area contributed by atoms with Crippen LogP contribution in [0, 0.1) is 17.0 Å². The zero-order valence-electron chi connectivity index (χ0n) is 10.3. The number of rotatable bonds is 5. The Balaban J connectivity index is 1.95. The van der Waals surface area contributed by atoms with E-state index in [0.717, 1.165) is 28.7 Å². The summed E-state index contributed by atoms with van der Waals surface area (Å²) in [7, 11) is 0. The molecule has 0 saturated carbocycles. The Labute approximate surface area is 109 Å². The van der Waals surface area contributed by atoms with Crippen molar-refractivity contribution < 1.29 is 9.92 Å². The summed E-state index contributed by atoms with van der Waals surface area (Å²) in [6, 6.07) is 0. The summed E-state index contributed by atoms with van der Waals surface area (Å²) < 4.78 is 0. The number of piperidine rings is 1. The quantitative estimate of drug-likeness (QED) is 0.651. The van der Waals surface area contributed by atoms with E-state index in [9.17, 15) is 10.1 Å². The van der Waals surface area contributed by atoms with Crippen LogP contribution >= 0.6 is 11.3 Å². The van der Waals surface area contributed by atoms with Gasteiger partial charge in [0.1, 0.15) is 6.61 Å². The average Bonchev–Trinajstić information content (AvgIpc) is 2.72. The van der Waals surface area contributed by atoms with Crippen LogP contribution in [0.5, 0.6) is 0 Å². The summed E-state index contributed by atoms with van der Waals surface area (Å²) in [5.74, 6) is 0.493. The van der Waals surface area contributed by atoms with Gasteiger partial charge in [-0.05, 0) is 26.3 Å². The number of hydrogen-bond acceptors (Lipinski definition) is 6. The molecular weight excluding hydrogens is 254 g/mol. The molecule has 0 amide bonds. The molecule has 6 nitrogen and oxygen atoms in total. The number of thiazole rings is 1. The van der Waals surface area contributed by atoms with Gasteiger partial charge in [0.2, 0.25) is 0 Å². The number of aromatic nitrogens is 1. The first-order valence-corrected chi connectivity index (χ1v) is 6.92. The molecule has 0 radical (unpaired) electrons. The Morgan fingerprint density at radius 1 is 1.67 bits per heavy atom. The van der Waals surface area contributed by atoms with Crippen molar-refractivity contribution in [1.82, 2.24) is 10.3 Å². The largest absolute Gasteiger partial charge is 0.316 e. The van der Waals surface area contributed by atoms with E-state index < -0.39 is 5.09 Å². The molecule has 1 aliphatic rings. The molecule has 1 fully saturated rings. The van der Waals surface area contributed by atoms with E-state index in [2.05, 4.69) is 15.1 Å². The second kappa shape index (κ2) is 6.10. The first-order valence-electron chi connectivity index (χ1n) is 6.11. The Kier molecular flexibility index (Phi) is 4.48. The van der Waals surface area contributed by atoms with Gasteiger partial charge in [-0.2, -0.15) is 0 Å². The van der Waals surface area contributed by atoms with Crippen molar-refractivity contribution in [2.24, 2.45) is 0 Å².